The zero-order chi connectivity index (χ0) is 17.6. The van der Waals surface area contributed by atoms with Crippen LogP contribution in [0.3, 0.4) is 0 Å². The third-order valence-electron chi connectivity index (χ3n) is 4.30. The highest BCUT2D eigenvalue weighted by Gasteiger charge is 2.26. The van der Waals surface area contributed by atoms with Gasteiger partial charge in [-0.25, -0.2) is 4.98 Å². The minimum absolute atomic E-state index is 0.0207. The van der Waals surface area contributed by atoms with Gasteiger partial charge in [0.05, 0.1) is 11.9 Å². The summed E-state index contributed by atoms with van der Waals surface area (Å²) in [6.45, 7) is 3.55. The molecule has 1 aromatic heterocycles. The fourth-order valence-corrected chi connectivity index (χ4v) is 3.07. The predicted octanol–water partition coefficient (Wildman–Crippen LogP) is 2.93. The minimum Gasteiger partial charge on any atom is -0.437 e. The molecule has 0 unspecified atom stereocenters. The number of methoxy groups -OCH3 is 1. The molecular formula is C19H23N3O3. The Hall–Kier alpha value is -2.47. The van der Waals surface area contributed by atoms with Crippen LogP contribution in [0, 0.1) is 6.92 Å². The molecule has 6 heteroatoms. The van der Waals surface area contributed by atoms with Crippen molar-refractivity contribution in [3.05, 3.63) is 47.9 Å². The first-order chi connectivity index (χ1) is 12.2. The predicted molar refractivity (Wildman–Crippen MR) is 93.7 cm³/mol. The maximum absolute atomic E-state index is 12.1. The van der Waals surface area contributed by atoms with Crippen molar-refractivity contribution in [3.8, 4) is 11.6 Å². The Morgan fingerprint density at radius 1 is 1.36 bits per heavy atom. The molecule has 1 aliphatic rings. The van der Waals surface area contributed by atoms with Crippen molar-refractivity contribution in [3.63, 3.8) is 0 Å². The third-order valence-corrected chi connectivity index (χ3v) is 4.30. The van der Waals surface area contributed by atoms with E-state index in [2.05, 4.69) is 9.97 Å². The van der Waals surface area contributed by atoms with E-state index in [9.17, 15) is 4.79 Å². The van der Waals surface area contributed by atoms with Crippen molar-refractivity contribution in [2.24, 2.45) is 0 Å². The lowest BCUT2D eigenvalue weighted by molar-refractivity contribution is -0.136. The number of aromatic nitrogens is 2. The number of carbonyl (C=O) groups excluding carboxylic acids is 1. The summed E-state index contributed by atoms with van der Waals surface area (Å²) in [5.74, 6) is 1.41. The van der Waals surface area contributed by atoms with Gasteiger partial charge >= 0.3 is 0 Å². The fraction of sp³-hybridized carbons (Fsp3) is 0.421. The molecule has 1 aliphatic heterocycles. The summed E-state index contributed by atoms with van der Waals surface area (Å²) in [4.78, 5) is 22.8. The van der Waals surface area contributed by atoms with E-state index in [1.807, 2.05) is 36.1 Å². The number of ether oxygens (including phenoxy) is 2. The van der Waals surface area contributed by atoms with Crippen LogP contribution in [0.25, 0.3) is 0 Å². The maximum Gasteiger partial charge on any atom is 0.248 e. The van der Waals surface area contributed by atoms with Crippen LogP contribution < -0.4 is 4.74 Å². The molecule has 0 bridgehead atoms. The van der Waals surface area contributed by atoms with Crippen LogP contribution in [0.5, 0.6) is 11.6 Å². The third kappa shape index (κ3) is 4.54. The van der Waals surface area contributed by atoms with Crippen LogP contribution in [0.1, 0.15) is 30.0 Å². The van der Waals surface area contributed by atoms with Gasteiger partial charge in [0.25, 0.3) is 0 Å². The van der Waals surface area contributed by atoms with E-state index in [1.165, 1.54) is 7.11 Å². The number of likely N-dealkylation sites (tertiary alicyclic amines) is 1. The normalized spacial score (nSPS) is 17.4. The second-order valence-electron chi connectivity index (χ2n) is 6.31. The second kappa shape index (κ2) is 8.07. The molecule has 1 fully saturated rings. The number of hydrogen-bond donors (Lipinski definition) is 0. The van der Waals surface area contributed by atoms with E-state index in [1.54, 1.807) is 12.4 Å². The lowest BCUT2D eigenvalue weighted by atomic mass is 9.95. The van der Waals surface area contributed by atoms with Gasteiger partial charge in [0.1, 0.15) is 12.4 Å². The van der Waals surface area contributed by atoms with Crippen LogP contribution in [0.2, 0.25) is 0 Å². The van der Waals surface area contributed by atoms with Gasteiger partial charge in [-0.3, -0.25) is 9.78 Å². The van der Waals surface area contributed by atoms with E-state index in [0.29, 0.717) is 12.4 Å². The molecule has 1 saturated heterocycles. The number of rotatable bonds is 5. The zero-order valence-electron chi connectivity index (χ0n) is 14.6. The Kier molecular flexibility index (Phi) is 5.60. The van der Waals surface area contributed by atoms with Crippen molar-refractivity contribution < 1.29 is 14.3 Å². The lowest BCUT2D eigenvalue weighted by Crippen LogP contribution is -2.41. The van der Waals surface area contributed by atoms with Gasteiger partial charge in [0.2, 0.25) is 11.8 Å². The van der Waals surface area contributed by atoms with Crippen molar-refractivity contribution in [1.29, 1.82) is 0 Å². The molecule has 1 amide bonds. The standard InChI is InChI=1S/C19H23N3O3/c1-14-5-3-7-16(9-14)25-18-11-20-10-17(21-18)15-6-4-8-22(12-15)19(23)13-24-2/h3,5,7,9-11,15H,4,6,8,12-13H2,1-2H3/t15-/m1/s1. The monoisotopic (exact) mass is 341 g/mol. The van der Waals surface area contributed by atoms with Crippen LogP contribution in [-0.2, 0) is 9.53 Å². The summed E-state index contributed by atoms with van der Waals surface area (Å²) in [6, 6.07) is 7.82. The van der Waals surface area contributed by atoms with Crippen LogP contribution >= 0.6 is 0 Å². The molecule has 1 aromatic carbocycles. The first kappa shape index (κ1) is 17.4. The van der Waals surface area contributed by atoms with E-state index in [-0.39, 0.29) is 18.4 Å². The molecule has 25 heavy (non-hydrogen) atoms. The summed E-state index contributed by atoms with van der Waals surface area (Å²) in [5, 5.41) is 0. The largest absolute Gasteiger partial charge is 0.437 e. The van der Waals surface area contributed by atoms with Crippen molar-refractivity contribution in [2.45, 2.75) is 25.7 Å². The van der Waals surface area contributed by atoms with Gasteiger partial charge in [-0.15, -0.1) is 0 Å². The van der Waals surface area contributed by atoms with Crippen LogP contribution in [-0.4, -0.2) is 47.6 Å². The molecule has 6 nitrogen and oxygen atoms in total. The van der Waals surface area contributed by atoms with Gasteiger partial charge in [-0.05, 0) is 37.5 Å². The summed E-state index contributed by atoms with van der Waals surface area (Å²) < 4.78 is 10.8. The number of amides is 1. The second-order valence-corrected chi connectivity index (χ2v) is 6.31. The Labute approximate surface area is 147 Å². The van der Waals surface area contributed by atoms with E-state index in [0.717, 1.165) is 36.4 Å². The number of hydrogen-bond acceptors (Lipinski definition) is 5. The first-order valence-corrected chi connectivity index (χ1v) is 8.49. The number of piperidine rings is 1. The summed E-state index contributed by atoms with van der Waals surface area (Å²) in [6.07, 6.45) is 5.31. The van der Waals surface area contributed by atoms with Gasteiger partial charge in [-0.1, -0.05) is 12.1 Å². The Morgan fingerprint density at radius 2 is 2.24 bits per heavy atom. The Balaban J connectivity index is 1.71. The molecule has 0 N–H and O–H groups in total. The summed E-state index contributed by atoms with van der Waals surface area (Å²) >= 11 is 0. The molecule has 0 saturated carbocycles. The van der Waals surface area contributed by atoms with E-state index >= 15 is 0 Å². The number of aryl methyl sites for hydroxylation is 1. The molecule has 0 aliphatic carbocycles. The maximum atomic E-state index is 12.1. The molecule has 2 heterocycles. The molecule has 0 radical (unpaired) electrons. The van der Waals surface area contributed by atoms with Crippen LogP contribution in [0.15, 0.2) is 36.7 Å². The van der Waals surface area contributed by atoms with Gasteiger partial charge in [-0.2, -0.15) is 0 Å². The van der Waals surface area contributed by atoms with E-state index in [4.69, 9.17) is 9.47 Å². The quantitative estimate of drug-likeness (QED) is 0.837. The average molecular weight is 341 g/mol. The molecular weight excluding hydrogens is 318 g/mol. The molecule has 3 rings (SSSR count). The first-order valence-electron chi connectivity index (χ1n) is 8.49. The minimum atomic E-state index is 0.0207. The van der Waals surface area contributed by atoms with Crippen molar-refractivity contribution >= 4 is 5.91 Å². The number of nitrogens with zero attached hydrogens (tertiary/aromatic N) is 3. The highest BCUT2D eigenvalue weighted by atomic mass is 16.5. The van der Waals surface area contributed by atoms with Gasteiger partial charge in [0.15, 0.2) is 0 Å². The Morgan fingerprint density at radius 3 is 3.04 bits per heavy atom. The smallest absolute Gasteiger partial charge is 0.248 e. The highest BCUT2D eigenvalue weighted by Crippen LogP contribution is 2.27. The van der Waals surface area contributed by atoms with Crippen molar-refractivity contribution in [2.75, 3.05) is 26.8 Å². The molecule has 1 atom stereocenters. The fourth-order valence-electron chi connectivity index (χ4n) is 3.07. The average Bonchev–Trinajstić information content (AvgIpc) is 2.62. The molecule has 2 aromatic rings. The van der Waals surface area contributed by atoms with E-state index < -0.39 is 0 Å². The highest BCUT2D eigenvalue weighted by molar-refractivity contribution is 5.77. The molecule has 132 valence electrons. The Bertz CT molecular complexity index is 735. The molecule has 0 spiro atoms. The number of carbonyl (C=O) groups is 1. The summed E-state index contributed by atoms with van der Waals surface area (Å²) in [7, 11) is 1.54. The van der Waals surface area contributed by atoms with Gasteiger partial charge in [0, 0.05) is 32.3 Å². The van der Waals surface area contributed by atoms with Crippen LogP contribution in [0.4, 0.5) is 0 Å². The number of benzene rings is 1. The summed E-state index contributed by atoms with van der Waals surface area (Å²) in [5.41, 5.74) is 1.99. The van der Waals surface area contributed by atoms with Gasteiger partial charge < -0.3 is 14.4 Å². The van der Waals surface area contributed by atoms with Crippen molar-refractivity contribution in [1.82, 2.24) is 14.9 Å². The lowest BCUT2D eigenvalue weighted by Gasteiger charge is -2.32. The zero-order valence-corrected chi connectivity index (χ0v) is 14.6. The SMILES string of the molecule is COCC(=O)N1CCC[C@@H](c2cncc(Oc3cccc(C)c3)n2)C1. The topological polar surface area (TPSA) is 64.5 Å².